The third kappa shape index (κ3) is 3.67. The van der Waals surface area contributed by atoms with Crippen LogP contribution in [0.5, 0.6) is 0 Å². The first kappa shape index (κ1) is 19.3. The number of hydrogen-bond acceptors (Lipinski definition) is 6. The van der Waals surface area contributed by atoms with Gasteiger partial charge in [0.05, 0.1) is 18.4 Å². The highest BCUT2D eigenvalue weighted by Gasteiger charge is 2.25. The lowest BCUT2D eigenvalue weighted by Crippen LogP contribution is -2.25. The van der Waals surface area contributed by atoms with Gasteiger partial charge in [0.25, 0.3) is 5.91 Å². The Morgan fingerprint density at radius 2 is 2.00 bits per heavy atom. The molecule has 0 atom stereocenters. The minimum atomic E-state index is -0.262. The zero-order chi connectivity index (χ0) is 21.4. The van der Waals surface area contributed by atoms with Gasteiger partial charge in [-0.15, -0.1) is 0 Å². The van der Waals surface area contributed by atoms with Gasteiger partial charge in [-0.3, -0.25) is 14.5 Å². The van der Waals surface area contributed by atoms with Crippen molar-refractivity contribution < 1.29 is 4.79 Å². The molecule has 1 fully saturated rings. The number of aromatic nitrogens is 7. The summed E-state index contributed by atoms with van der Waals surface area (Å²) < 4.78 is 3.74. The molecule has 0 unspecified atom stereocenters. The van der Waals surface area contributed by atoms with E-state index in [1.807, 2.05) is 37.0 Å². The smallest absolute Gasteiger partial charge is 0.272 e. The van der Waals surface area contributed by atoms with Gasteiger partial charge in [-0.25, -0.2) is 15.0 Å². The number of nitrogens with one attached hydrogen (secondary N) is 1. The minimum absolute atomic E-state index is 0.262. The Morgan fingerprint density at radius 1 is 1.16 bits per heavy atom. The lowest BCUT2D eigenvalue weighted by Gasteiger charge is -2.10. The van der Waals surface area contributed by atoms with E-state index in [2.05, 4.69) is 25.4 Å². The van der Waals surface area contributed by atoms with Crippen LogP contribution < -0.4 is 5.32 Å². The fourth-order valence-electron chi connectivity index (χ4n) is 4.35. The molecule has 31 heavy (non-hydrogen) atoms. The van der Waals surface area contributed by atoms with Crippen LogP contribution in [-0.2, 0) is 20.6 Å². The first-order valence-electron chi connectivity index (χ1n) is 10.5. The molecule has 9 nitrogen and oxygen atoms in total. The molecule has 158 valence electrons. The van der Waals surface area contributed by atoms with Crippen molar-refractivity contribution in [3.8, 4) is 11.1 Å². The molecule has 4 aromatic heterocycles. The molecule has 1 aliphatic rings. The van der Waals surface area contributed by atoms with E-state index < -0.39 is 0 Å². The maximum absolute atomic E-state index is 13.0. The van der Waals surface area contributed by atoms with Gasteiger partial charge in [0.2, 0.25) is 0 Å². The van der Waals surface area contributed by atoms with Crippen molar-refractivity contribution in [3.05, 3.63) is 54.3 Å². The molecule has 0 bridgehead atoms. The lowest BCUT2D eigenvalue weighted by molar-refractivity contribution is 0.0946. The Kier molecular flexibility index (Phi) is 4.93. The van der Waals surface area contributed by atoms with Gasteiger partial charge >= 0.3 is 0 Å². The Bertz CT molecular complexity index is 1250. The van der Waals surface area contributed by atoms with Crippen LogP contribution in [0.25, 0.3) is 22.3 Å². The van der Waals surface area contributed by atoms with Crippen LogP contribution in [0.3, 0.4) is 0 Å². The summed E-state index contributed by atoms with van der Waals surface area (Å²) in [4.78, 5) is 30.7. The van der Waals surface area contributed by atoms with Gasteiger partial charge in [0.15, 0.2) is 11.3 Å². The van der Waals surface area contributed by atoms with Crippen LogP contribution in [-0.4, -0.2) is 40.2 Å². The summed E-state index contributed by atoms with van der Waals surface area (Å²) in [6.45, 7) is 0.297. The Hall–Kier alpha value is -3.62. The zero-order valence-electron chi connectivity index (χ0n) is 17.6. The molecule has 1 aliphatic carbocycles. The van der Waals surface area contributed by atoms with Crippen LogP contribution in [0, 0.1) is 0 Å². The molecule has 4 heterocycles. The van der Waals surface area contributed by atoms with Gasteiger partial charge in [0, 0.05) is 38.0 Å². The number of nitrogens with zero attached hydrogens (tertiary/aromatic N) is 7. The molecule has 1 N–H and O–H groups in total. The fourth-order valence-corrected chi connectivity index (χ4v) is 4.35. The van der Waals surface area contributed by atoms with Crippen molar-refractivity contribution in [2.75, 3.05) is 0 Å². The van der Waals surface area contributed by atoms with Crippen LogP contribution in [0.15, 0.2) is 37.1 Å². The first-order chi connectivity index (χ1) is 15.1. The number of hydrogen-bond donors (Lipinski definition) is 1. The molecule has 1 amide bonds. The summed E-state index contributed by atoms with van der Waals surface area (Å²) in [7, 11) is 3.83. The molecule has 0 aromatic carbocycles. The molecule has 9 heteroatoms. The number of carbonyl (C=O) groups is 1. The topological polar surface area (TPSA) is 103 Å². The molecule has 5 rings (SSSR count). The Balaban J connectivity index is 1.37. The molecule has 0 aliphatic heterocycles. The molecule has 4 aromatic rings. The second-order valence-electron chi connectivity index (χ2n) is 8.03. The van der Waals surface area contributed by atoms with Crippen LogP contribution >= 0.6 is 0 Å². The molecular formula is C22H24N8O. The second-order valence-corrected chi connectivity index (χ2v) is 8.03. The van der Waals surface area contributed by atoms with E-state index in [-0.39, 0.29) is 5.91 Å². The van der Waals surface area contributed by atoms with Crippen molar-refractivity contribution in [1.82, 2.24) is 39.6 Å². The minimum Gasteiger partial charge on any atom is -0.345 e. The van der Waals surface area contributed by atoms with Gasteiger partial charge in [0.1, 0.15) is 17.7 Å². The van der Waals surface area contributed by atoms with Crippen molar-refractivity contribution in [3.63, 3.8) is 0 Å². The summed E-state index contributed by atoms with van der Waals surface area (Å²) in [5.74, 6) is 1.16. The van der Waals surface area contributed by atoms with E-state index in [0.29, 0.717) is 29.3 Å². The fraction of sp³-hybridized carbons (Fsp3) is 0.364. The Morgan fingerprint density at radius 3 is 2.77 bits per heavy atom. The molecule has 0 saturated heterocycles. The summed E-state index contributed by atoms with van der Waals surface area (Å²) >= 11 is 0. The number of amides is 1. The summed E-state index contributed by atoms with van der Waals surface area (Å²) in [5, 5.41) is 7.15. The van der Waals surface area contributed by atoms with Crippen LogP contribution in [0.4, 0.5) is 0 Å². The monoisotopic (exact) mass is 416 g/mol. The SMILES string of the molecule is Cn1cc(-c2ccnc(CNC(=O)c3ncnc4nc(C5CCCC5)n(C)c34)c2)cn1. The van der Waals surface area contributed by atoms with E-state index in [1.165, 1.54) is 19.2 Å². The molecule has 0 spiro atoms. The highest BCUT2D eigenvalue weighted by Crippen LogP contribution is 2.34. The lowest BCUT2D eigenvalue weighted by atomic mass is 10.1. The van der Waals surface area contributed by atoms with E-state index in [9.17, 15) is 4.79 Å². The standard InChI is InChI=1S/C22H24N8O/c1-29-12-16(10-27-29)15-7-8-23-17(9-15)11-24-22(31)18-19-20(26-13-25-18)28-21(30(19)2)14-5-3-4-6-14/h7-10,12-14H,3-6,11H2,1-2H3,(H,24,31). The quantitative estimate of drug-likeness (QED) is 0.537. The predicted octanol–water partition coefficient (Wildman–Crippen LogP) is 2.75. The number of aryl methyl sites for hydroxylation is 2. The molecule has 0 radical (unpaired) electrons. The normalized spacial score (nSPS) is 14.4. The van der Waals surface area contributed by atoms with E-state index in [1.54, 1.807) is 17.1 Å². The van der Waals surface area contributed by atoms with Crippen molar-refractivity contribution in [1.29, 1.82) is 0 Å². The summed E-state index contributed by atoms with van der Waals surface area (Å²) in [5.41, 5.74) is 4.36. The third-order valence-corrected chi connectivity index (χ3v) is 5.92. The third-order valence-electron chi connectivity index (χ3n) is 5.92. The first-order valence-corrected chi connectivity index (χ1v) is 10.5. The number of carbonyl (C=O) groups excluding carboxylic acids is 1. The highest BCUT2D eigenvalue weighted by atomic mass is 16.1. The highest BCUT2D eigenvalue weighted by molar-refractivity contribution is 6.02. The van der Waals surface area contributed by atoms with Crippen molar-refractivity contribution >= 4 is 17.1 Å². The predicted molar refractivity (Wildman–Crippen MR) is 115 cm³/mol. The second kappa shape index (κ2) is 7.90. The largest absolute Gasteiger partial charge is 0.345 e. The average Bonchev–Trinajstić information content (AvgIpc) is 3.53. The van der Waals surface area contributed by atoms with Gasteiger partial charge in [-0.2, -0.15) is 5.10 Å². The Labute approximate surface area is 179 Å². The van der Waals surface area contributed by atoms with Crippen molar-refractivity contribution in [2.45, 2.75) is 38.1 Å². The number of rotatable bonds is 5. The van der Waals surface area contributed by atoms with E-state index in [0.717, 1.165) is 35.5 Å². The maximum Gasteiger partial charge on any atom is 0.272 e. The van der Waals surface area contributed by atoms with Crippen molar-refractivity contribution in [2.24, 2.45) is 14.1 Å². The number of pyridine rings is 1. The number of imidazole rings is 1. The van der Waals surface area contributed by atoms with Crippen LogP contribution in [0.1, 0.15) is 53.6 Å². The summed E-state index contributed by atoms with van der Waals surface area (Å²) in [6.07, 6.45) is 11.6. The van der Waals surface area contributed by atoms with E-state index in [4.69, 9.17) is 4.98 Å². The van der Waals surface area contributed by atoms with Crippen LogP contribution in [0.2, 0.25) is 0 Å². The van der Waals surface area contributed by atoms with Gasteiger partial charge in [-0.05, 0) is 30.5 Å². The zero-order valence-corrected chi connectivity index (χ0v) is 17.6. The molecular weight excluding hydrogens is 392 g/mol. The van der Waals surface area contributed by atoms with Gasteiger partial charge in [-0.1, -0.05) is 12.8 Å². The summed E-state index contributed by atoms with van der Waals surface area (Å²) in [6, 6.07) is 3.88. The maximum atomic E-state index is 13.0. The van der Waals surface area contributed by atoms with Gasteiger partial charge < -0.3 is 9.88 Å². The van der Waals surface area contributed by atoms with E-state index >= 15 is 0 Å². The molecule has 1 saturated carbocycles. The number of fused-ring (bicyclic) bond motifs is 1. The average molecular weight is 416 g/mol.